The molecule has 2 aromatic heterocycles. The minimum atomic E-state index is -1.91. The second-order valence-corrected chi connectivity index (χ2v) is 12.8. The van der Waals surface area contributed by atoms with Crippen LogP contribution < -0.4 is 38.1 Å². The van der Waals surface area contributed by atoms with Crippen LogP contribution in [0.1, 0.15) is 36.9 Å². The predicted molar refractivity (Wildman–Crippen MR) is 196 cm³/mol. The SMILES string of the molecule is NC(=O)CC[C@H](NC(=O)[C@@H](N)CC(=O)O)C(=O)N[C@@H](CC(=O)O)C(=O)N[C@@H](Cc1cnc[nH]1)C(=O)N[C@@H](Cc1c[nH]c2ccccc12)C(=O)N[C@@H](CS)C(=O)O. The third kappa shape index (κ3) is 13.4. The molecule has 0 fully saturated rings. The zero-order chi connectivity index (χ0) is 41.5. The van der Waals surface area contributed by atoms with Crippen LogP contribution in [0.15, 0.2) is 43.0 Å². The van der Waals surface area contributed by atoms with Gasteiger partial charge in [-0.2, -0.15) is 12.6 Å². The van der Waals surface area contributed by atoms with Crippen LogP contribution in [0.2, 0.25) is 0 Å². The first-order valence-corrected chi connectivity index (χ1v) is 17.5. The summed E-state index contributed by atoms with van der Waals surface area (Å²) in [4.78, 5) is 123. The number of hydrogen-bond donors (Lipinski definition) is 13. The number of nitrogens with two attached hydrogens (primary N) is 2. The number of aromatic nitrogens is 3. The molecule has 22 nitrogen and oxygen atoms in total. The van der Waals surface area contributed by atoms with E-state index in [0.29, 0.717) is 22.2 Å². The van der Waals surface area contributed by atoms with Gasteiger partial charge in [0, 0.05) is 54.0 Å². The first-order valence-electron chi connectivity index (χ1n) is 16.8. The van der Waals surface area contributed by atoms with Crippen molar-refractivity contribution in [3.05, 3.63) is 54.2 Å². The lowest BCUT2D eigenvalue weighted by Crippen LogP contribution is -2.60. The Morgan fingerprint density at radius 2 is 1.27 bits per heavy atom. The lowest BCUT2D eigenvalue weighted by atomic mass is 10.0. The van der Waals surface area contributed by atoms with Crippen LogP contribution >= 0.6 is 12.6 Å². The Morgan fingerprint density at radius 1 is 0.714 bits per heavy atom. The largest absolute Gasteiger partial charge is 0.481 e. The van der Waals surface area contributed by atoms with E-state index in [1.165, 1.54) is 12.5 Å². The first-order chi connectivity index (χ1) is 26.5. The van der Waals surface area contributed by atoms with Crippen molar-refractivity contribution in [1.82, 2.24) is 41.5 Å². The van der Waals surface area contributed by atoms with Gasteiger partial charge in [-0.05, 0) is 18.1 Å². The summed E-state index contributed by atoms with van der Waals surface area (Å²) in [6.07, 6.45) is 0.960. The Balaban J connectivity index is 1.91. The topological polar surface area (TPSA) is 371 Å². The Morgan fingerprint density at radius 3 is 1.84 bits per heavy atom. The molecule has 2 heterocycles. The van der Waals surface area contributed by atoms with Gasteiger partial charge in [0.25, 0.3) is 0 Å². The molecular weight excluding hydrogens is 760 g/mol. The summed E-state index contributed by atoms with van der Waals surface area (Å²) in [5.41, 5.74) is 12.3. The van der Waals surface area contributed by atoms with E-state index >= 15 is 0 Å². The van der Waals surface area contributed by atoms with Gasteiger partial charge in [0.15, 0.2) is 0 Å². The lowest BCUT2D eigenvalue weighted by molar-refractivity contribution is -0.141. The van der Waals surface area contributed by atoms with E-state index in [9.17, 15) is 53.4 Å². The summed E-state index contributed by atoms with van der Waals surface area (Å²) < 4.78 is 0. The first kappa shape index (κ1) is 43.9. The van der Waals surface area contributed by atoms with Gasteiger partial charge in [-0.1, -0.05) is 18.2 Å². The van der Waals surface area contributed by atoms with Gasteiger partial charge in [-0.15, -0.1) is 0 Å². The van der Waals surface area contributed by atoms with Crippen LogP contribution in [-0.2, 0) is 56.0 Å². The van der Waals surface area contributed by atoms with Crippen LogP contribution in [0.25, 0.3) is 10.9 Å². The normalized spacial score (nSPS) is 14.2. The molecule has 0 saturated heterocycles. The number of hydrogen-bond acceptors (Lipinski definition) is 12. The fraction of sp³-hybridized carbons (Fsp3) is 0.394. The Hall–Kier alpha value is -6.49. The molecule has 6 amide bonds. The maximum Gasteiger partial charge on any atom is 0.327 e. The highest BCUT2D eigenvalue weighted by molar-refractivity contribution is 7.80. The van der Waals surface area contributed by atoms with E-state index in [0.717, 1.165) is 0 Å². The van der Waals surface area contributed by atoms with Gasteiger partial charge < -0.3 is 63.3 Å². The third-order valence-corrected chi connectivity index (χ3v) is 8.56. The number of fused-ring (bicyclic) bond motifs is 1. The molecule has 14 N–H and O–H groups in total. The molecule has 0 aliphatic heterocycles. The summed E-state index contributed by atoms with van der Waals surface area (Å²) in [6.45, 7) is 0. The number of benzene rings is 1. The number of carboxylic acids is 3. The highest BCUT2D eigenvalue weighted by atomic mass is 32.1. The Labute approximate surface area is 322 Å². The van der Waals surface area contributed by atoms with Crippen molar-refractivity contribution in [3.8, 4) is 0 Å². The number of nitrogens with one attached hydrogen (secondary N) is 7. The van der Waals surface area contributed by atoms with Crippen LogP contribution in [0.3, 0.4) is 0 Å². The van der Waals surface area contributed by atoms with Gasteiger partial charge in [-0.3, -0.25) is 38.4 Å². The summed E-state index contributed by atoms with van der Waals surface area (Å²) in [7, 11) is 0. The molecule has 6 atom stereocenters. The highest BCUT2D eigenvalue weighted by Gasteiger charge is 2.34. The minimum absolute atomic E-state index is 0.155. The predicted octanol–water partition coefficient (Wildman–Crippen LogP) is -3.34. The number of rotatable bonds is 23. The van der Waals surface area contributed by atoms with Crippen molar-refractivity contribution < 1.29 is 58.5 Å². The molecule has 0 aliphatic rings. The number of nitrogens with zero attached hydrogens (tertiary/aromatic N) is 1. The molecule has 0 radical (unpaired) electrons. The van der Waals surface area contributed by atoms with Gasteiger partial charge in [-0.25, -0.2) is 9.78 Å². The number of imidazole rings is 1. The van der Waals surface area contributed by atoms with E-state index in [2.05, 4.69) is 54.2 Å². The summed E-state index contributed by atoms with van der Waals surface area (Å²) in [5.74, 6) is -10.9. The fourth-order valence-electron chi connectivity index (χ4n) is 5.33. The second-order valence-electron chi connectivity index (χ2n) is 12.5. The number of H-pyrrole nitrogens is 2. The number of thiol groups is 1. The Bertz CT molecular complexity index is 1920. The third-order valence-electron chi connectivity index (χ3n) is 8.20. The number of carboxylic acid groups (broad SMARTS) is 3. The number of carbonyl (C=O) groups is 9. The fourth-order valence-corrected chi connectivity index (χ4v) is 5.58. The molecule has 0 spiro atoms. The molecule has 3 aromatic rings. The van der Waals surface area contributed by atoms with E-state index in [1.807, 2.05) is 0 Å². The van der Waals surface area contributed by atoms with Gasteiger partial charge in [0.1, 0.15) is 30.2 Å². The summed E-state index contributed by atoms with van der Waals surface area (Å²) >= 11 is 3.98. The molecule has 0 saturated carbocycles. The smallest absolute Gasteiger partial charge is 0.327 e. The van der Waals surface area contributed by atoms with Gasteiger partial charge in [0.05, 0.1) is 25.2 Å². The number of aromatic amines is 2. The van der Waals surface area contributed by atoms with Crippen molar-refractivity contribution in [1.29, 1.82) is 0 Å². The van der Waals surface area contributed by atoms with Crippen LogP contribution in [0.4, 0.5) is 0 Å². The number of para-hydroxylation sites is 1. The number of amides is 6. The monoisotopic (exact) mass is 802 g/mol. The molecule has 3 rings (SSSR count). The van der Waals surface area contributed by atoms with Crippen molar-refractivity contribution in [2.45, 2.75) is 74.8 Å². The maximum absolute atomic E-state index is 14.0. The molecule has 0 bridgehead atoms. The van der Waals surface area contributed by atoms with Crippen molar-refractivity contribution in [3.63, 3.8) is 0 Å². The average molecular weight is 803 g/mol. The summed E-state index contributed by atoms with van der Waals surface area (Å²) in [6, 6.07) is -2.54. The molecule has 23 heteroatoms. The number of primary amides is 1. The van der Waals surface area contributed by atoms with Crippen molar-refractivity contribution in [2.24, 2.45) is 11.5 Å². The van der Waals surface area contributed by atoms with Crippen LogP contribution in [0, 0.1) is 0 Å². The second kappa shape index (κ2) is 20.8. The number of aliphatic carboxylic acids is 3. The maximum atomic E-state index is 14.0. The van der Waals surface area contributed by atoms with Gasteiger partial charge in [0.2, 0.25) is 35.4 Å². The molecule has 1 aromatic carbocycles. The number of carbonyl (C=O) groups excluding carboxylic acids is 6. The van der Waals surface area contributed by atoms with Gasteiger partial charge >= 0.3 is 17.9 Å². The zero-order valence-electron chi connectivity index (χ0n) is 29.5. The molecule has 0 aliphatic carbocycles. The van der Waals surface area contributed by atoms with Crippen LogP contribution in [-0.4, -0.2) is 126 Å². The highest BCUT2D eigenvalue weighted by Crippen LogP contribution is 2.19. The molecular formula is C33H42N10O12S. The standard InChI is InChI=1S/C33H42N10O12S/c34-18(9-26(45)46)28(49)39-20(5-6-25(35)44)29(50)42-23(10-27(47)48)32(53)41-22(8-16-12-36-14-38-16)31(52)40-21(30(51)43-24(13-56)33(54)55)7-15-11-37-19-4-2-1-3-17(15)19/h1-4,11-12,14,18,20-24,37,56H,5-10,13,34H2,(H2,35,44)(H,36,38)(H,39,49)(H,40,52)(H,41,53)(H,42,50)(H,43,51)(H,45,46)(H,47,48)(H,54,55)/t18-,20-,21-,22-,23-,24-/m0/s1. The Kier molecular flexibility index (Phi) is 16.3. The zero-order valence-corrected chi connectivity index (χ0v) is 30.4. The van der Waals surface area contributed by atoms with E-state index in [-0.39, 0.29) is 18.6 Å². The quantitative estimate of drug-likeness (QED) is 0.0417. The van der Waals surface area contributed by atoms with Crippen LogP contribution in [0.5, 0.6) is 0 Å². The molecule has 302 valence electrons. The van der Waals surface area contributed by atoms with E-state index < -0.39 is 115 Å². The summed E-state index contributed by atoms with van der Waals surface area (Å²) in [5, 5.41) is 40.4. The lowest BCUT2D eigenvalue weighted by Gasteiger charge is -2.26. The molecule has 56 heavy (non-hydrogen) atoms. The van der Waals surface area contributed by atoms with Crippen molar-refractivity contribution in [2.75, 3.05) is 5.75 Å². The average Bonchev–Trinajstić information content (AvgIpc) is 3.80. The minimum Gasteiger partial charge on any atom is -0.481 e. The van der Waals surface area contributed by atoms with E-state index in [4.69, 9.17) is 16.6 Å². The molecule has 0 unspecified atom stereocenters. The van der Waals surface area contributed by atoms with E-state index in [1.54, 1.807) is 30.5 Å². The van der Waals surface area contributed by atoms with Crippen molar-refractivity contribution >= 4 is 76.9 Å².